The van der Waals surface area contributed by atoms with Crippen LogP contribution in [-0.4, -0.2) is 0 Å². The predicted octanol–water partition coefficient (Wildman–Crippen LogP) is 21.8. The molecule has 0 N–H and O–H groups in total. The first kappa shape index (κ1) is 45.9. The van der Waals surface area contributed by atoms with Crippen molar-refractivity contribution in [2.24, 2.45) is 0 Å². The molecule has 0 atom stereocenters. The van der Waals surface area contributed by atoms with E-state index in [0.717, 1.165) is 78.3 Å². The zero-order chi connectivity index (χ0) is 52.2. The van der Waals surface area contributed by atoms with E-state index in [4.69, 9.17) is 4.42 Å². The van der Waals surface area contributed by atoms with Crippen LogP contribution in [0.1, 0.15) is 0 Å². The summed E-state index contributed by atoms with van der Waals surface area (Å²) in [6.45, 7) is 0. The average molecular weight is 1010 g/mol. The minimum Gasteiger partial charge on any atom is -0.456 e. The summed E-state index contributed by atoms with van der Waals surface area (Å²) in [7, 11) is 0. The maximum atomic E-state index is 6.12. The highest BCUT2D eigenvalue weighted by Crippen LogP contribution is 2.43. The molecule has 3 heteroatoms. The second-order valence-corrected chi connectivity index (χ2v) is 20.4. The van der Waals surface area contributed by atoms with E-state index in [0.29, 0.717) is 0 Å². The van der Waals surface area contributed by atoms with Crippen LogP contribution in [0.5, 0.6) is 0 Å². The minimum atomic E-state index is 0.907. The second kappa shape index (κ2) is 19.3. The first-order valence-electron chi connectivity index (χ1n) is 27.0. The van der Waals surface area contributed by atoms with E-state index >= 15 is 0 Å². The standard InChI is InChI=1S/C76H50N2O/c1-2-15-60(16-3-1)78(74-23-12-14-57-13-4-5-17-65(57)74)64-45-33-54(34-46-64)53-31-41-62(42-32-53)77(63-43-35-56(36-44-63)58-37-47-70-68-20-7-6-18-66(68)67-19-8-9-21-69(67)72(70)49-58)61-39-29-52(30-40-61)51-25-27-55(28-26-51)59-38-48-76-73(50-59)71-22-10-11-24-75(71)79-76/h1-50H. The zero-order valence-electron chi connectivity index (χ0n) is 43.2. The van der Waals surface area contributed by atoms with Crippen molar-refractivity contribution in [3.05, 3.63) is 303 Å². The van der Waals surface area contributed by atoms with Gasteiger partial charge in [-0.2, -0.15) is 0 Å². The molecule has 15 aromatic rings. The maximum absolute atomic E-state index is 6.12. The fourth-order valence-electron chi connectivity index (χ4n) is 11.9. The molecule has 0 aliphatic rings. The normalized spacial score (nSPS) is 11.5. The van der Waals surface area contributed by atoms with Gasteiger partial charge in [0.15, 0.2) is 0 Å². The van der Waals surface area contributed by atoms with Crippen molar-refractivity contribution in [1.82, 2.24) is 0 Å². The van der Waals surface area contributed by atoms with Crippen molar-refractivity contribution in [1.29, 1.82) is 0 Å². The molecule has 0 aliphatic heterocycles. The van der Waals surface area contributed by atoms with Gasteiger partial charge in [0, 0.05) is 44.6 Å². The third kappa shape index (κ3) is 8.24. The van der Waals surface area contributed by atoms with Crippen molar-refractivity contribution in [2.75, 3.05) is 9.80 Å². The largest absolute Gasteiger partial charge is 0.456 e. The number of para-hydroxylation sites is 2. The Morgan fingerprint density at radius 1 is 0.190 bits per heavy atom. The van der Waals surface area contributed by atoms with Gasteiger partial charge in [-0.1, -0.05) is 212 Å². The number of furan rings is 1. The van der Waals surface area contributed by atoms with Crippen molar-refractivity contribution in [2.45, 2.75) is 0 Å². The molecule has 0 bridgehead atoms. The summed E-state index contributed by atoms with van der Waals surface area (Å²) in [6, 6.07) is 110. The number of hydrogen-bond acceptors (Lipinski definition) is 3. The van der Waals surface area contributed by atoms with Gasteiger partial charge in [-0.05, 0) is 173 Å². The van der Waals surface area contributed by atoms with E-state index in [-0.39, 0.29) is 0 Å². The number of fused-ring (bicyclic) bond motifs is 10. The Morgan fingerprint density at radius 2 is 0.532 bits per heavy atom. The van der Waals surface area contributed by atoms with Crippen molar-refractivity contribution in [3.63, 3.8) is 0 Å². The SMILES string of the molecule is c1ccc(N(c2ccc(-c3ccc(N(c4ccc(-c5ccc(-c6ccc7oc8ccccc8c7c6)cc5)cc4)c4ccc(-c5ccc6c7ccccc7c7ccccc7c6c5)cc4)cc3)cc2)c2cccc3ccccc23)cc1. The first-order valence-corrected chi connectivity index (χ1v) is 27.0. The monoisotopic (exact) mass is 1010 g/mol. The van der Waals surface area contributed by atoms with Crippen LogP contribution >= 0.6 is 0 Å². The summed E-state index contributed by atoms with van der Waals surface area (Å²) in [6.07, 6.45) is 0. The Bertz CT molecular complexity index is 4690. The first-order chi connectivity index (χ1) is 39.1. The van der Waals surface area contributed by atoms with E-state index in [1.807, 2.05) is 12.1 Å². The number of benzene rings is 14. The molecule has 0 saturated heterocycles. The van der Waals surface area contributed by atoms with E-state index in [1.165, 1.54) is 65.3 Å². The molecule has 370 valence electrons. The average Bonchev–Trinajstić information content (AvgIpc) is 3.99. The van der Waals surface area contributed by atoms with Crippen molar-refractivity contribution < 1.29 is 4.42 Å². The summed E-state index contributed by atoms with van der Waals surface area (Å²) in [5.41, 5.74) is 17.7. The van der Waals surface area contributed by atoms with Gasteiger partial charge in [0.25, 0.3) is 0 Å². The van der Waals surface area contributed by atoms with E-state index in [2.05, 4.69) is 301 Å². The molecule has 0 spiro atoms. The van der Waals surface area contributed by atoms with Gasteiger partial charge in [0.2, 0.25) is 0 Å². The molecule has 79 heavy (non-hydrogen) atoms. The third-order valence-electron chi connectivity index (χ3n) is 15.9. The maximum Gasteiger partial charge on any atom is 0.135 e. The van der Waals surface area contributed by atoms with Gasteiger partial charge in [-0.15, -0.1) is 0 Å². The van der Waals surface area contributed by atoms with Crippen LogP contribution in [-0.2, 0) is 0 Å². The zero-order valence-corrected chi connectivity index (χ0v) is 43.2. The van der Waals surface area contributed by atoms with Gasteiger partial charge in [-0.3, -0.25) is 0 Å². The summed E-state index contributed by atoms with van der Waals surface area (Å²) in [4.78, 5) is 4.72. The molecule has 0 fully saturated rings. The lowest BCUT2D eigenvalue weighted by molar-refractivity contribution is 0.669. The second-order valence-electron chi connectivity index (χ2n) is 20.4. The Balaban J connectivity index is 0.764. The lowest BCUT2D eigenvalue weighted by Gasteiger charge is -2.27. The molecule has 0 aliphatic carbocycles. The summed E-state index contributed by atoms with van der Waals surface area (Å²) in [5.74, 6) is 0. The molecule has 1 heterocycles. The Labute approximate surface area is 458 Å². The Kier molecular flexibility index (Phi) is 11.2. The van der Waals surface area contributed by atoms with Gasteiger partial charge in [0.05, 0.1) is 5.69 Å². The van der Waals surface area contributed by atoms with Gasteiger partial charge in [-0.25, -0.2) is 0 Å². The molecule has 1 aromatic heterocycles. The van der Waals surface area contributed by atoms with E-state index in [1.54, 1.807) is 0 Å². The smallest absolute Gasteiger partial charge is 0.135 e. The number of rotatable bonds is 10. The Morgan fingerprint density at radius 3 is 1.08 bits per heavy atom. The van der Waals surface area contributed by atoms with Crippen molar-refractivity contribution >= 4 is 99.2 Å². The van der Waals surface area contributed by atoms with Gasteiger partial charge < -0.3 is 14.2 Å². The highest BCUT2D eigenvalue weighted by molar-refractivity contribution is 6.25. The van der Waals surface area contributed by atoms with Crippen LogP contribution in [0, 0.1) is 0 Å². The van der Waals surface area contributed by atoms with Gasteiger partial charge in [0.1, 0.15) is 11.2 Å². The molecular formula is C76H50N2O. The lowest BCUT2D eigenvalue weighted by atomic mass is 9.92. The minimum absolute atomic E-state index is 0.907. The topological polar surface area (TPSA) is 19.6 Å². The molecule has 0 radical (unpaired) electrons. The van der Waals surface area contributed by atoms with Crippen LogP contribution in [0.3, 0.4) is 0 Å². The van der Waals surface area contributed by atoms with Crippen LogP contribution in [0.2, 0.25) is 0 Å². The number of nitrogens with zero attached hydrogens (tertiary/aromatic N) is 2. The van der Waals surface area contributed by atoms with E-state index < -0.39 is 0 Å². The highest BCUT2D eigenvalue weighted by atomic mass is 16.3. The lowest BCUT2D eigenvalue weighted by Crippen LogP contribution is -2.10. The predicted molar refractivity (Wildman–Crippen MR) is 335 cm³/mol. The van der Waals surface area contributed by atoms with Gasteiger partial charge >= 0.3 is 0 Å². The van der Waals surface area contributed by atoms with Crippen molar-refractivity contribution in [3.8, 4) is 44.5 Å². The molecule has 0 unspecified atom stereocenters. The Hall–Kier alpha value is -10.5. The highest BCUT2D eigenvalue weighted by Gasteiger charge is 2.18. The number of hydrogen-bond donors (Lipinski definition) is 0. The molecular weight excluding hydrogens is 957 g/mol. The molecule has 15 rings (SSSR count). The quantitative estimate of drug-likeness (QED) is 0.127. The number of anilines is 6. The molecule has 3 nitrogen and oxygen atoms in total. The summed E-state index contributed by atoms with van der Waals surface area (Å²) in [5, 5.41) is 12.4. The molecule has 0 saturated carbocycles. The molecule has 14 aromatic carbocycles. The third-order valence-corrected chi connectivity index (χ3v) is 15.9. The van der Waals surface area contributed by atoms with Crippen LogP contribution in [0.15, 0.2) is 308 Å². The summed E-state index contributed by atoms with van der Waals surface area (Å²) >= 11 is 0. The van der Waals surface area contributed by atoms with Crippen LogP contribution in [0.25, 0.3) is 110 Å². The van der Waals surface area contributed by atoms with E-state index in [9.17, 15) is 0 Å². The summed E-state index contributed by atoms with van der Waals surface area (Å²) < 4.78 is 6.12. The fourth-order valence-corrected chi connectivity index (χ4v) is 11.9. The fraction of sp³-hybridized carbons (Fsp3) is 0. The van der Waals surface area contributed by atoms with Crippen LogP contribution in [0.4, 0.5) is 34.1 Å². The molecule has 0 amide bonds. The van der Waals surface area contributed by atoms with Crippen LogP contribution < -0.4 is 9.80 Å².